The first-order valence-electron chi connectivity index (χ1n) is 10.2. The van der Waals surface area contributed by atoms with Gasteiger partial charge in [0.05, 0.1) is 23.7 Å². The number of hydrogen-bond acceptors (Lipinski definition) is 5. The van der Waals surface area contributed by atoms with Crippen LogP contribution in [-0.4, -0.2) is 41.7 Å². The Morgan fingerprint density at radius 1 is 1.19 bits per heavy atom. The van der Waals surface area contributed by atoms with Crippen LogP contribution >= 0.6 is 0 Å². The zero-order valence-corrected chi connectivity index (χ0v) is 17.4. The number of nitrogens with zero attached hydrogens (tertiary/aromatic N) is 7. The molecule has 0 saturated heterocycles. The standard InChI is InChI=1S/C23H21N7O/c1-15-12-28(13-21-26-27-23(30(15)21)19-8-5-6-10-25-19)22(31)14-29-16(2)18(11-24)17-7-3-4-9-20(17)29/h3-10,15H,12-14H2,1-2H3/t15-/m0/s1. The predicted octanol–water partition coefficient (Wildman–Crippen LogP) is 3.08. The lowest BCUT2D eigenvalue weighted by Crippen LogP contribution is -2.42. The van der Waals surface area contributed by atoms with Crippen molar-refractivity contribution in [3.05, 3.63) is 65.7 Å². The smallest absolute Gasteiger partial charge is 0.242 e. The van der Waals surface area contributed by atoms with Gasteiger partial charge in [0, 0.05) is 23.8 Å². The number of para-hydroxylation sites is 1. The molecule has 1 aliphatic heterocycles. The van der Waals surface area contributed by atoms with E-state index < -0.39 is 0 Å². The van der Waals surface area contributed by atoms with Crippen LogP contribution in [0.25, 0.3) is 22.4 Å². The van der Waals surface area contributed by atoms with Crippen LogP contribution in [-0.2, 0) is 17.9 Å². The second-order valence-corrected chi connectivity index (χ2v) is 7.82. The number of amides is 1. The third-order valence-electron chi connectivity index (χ3n) is 5.91. The summed E-state index contributed by atoms with van der Waals surface area (Å²) in [6.45, 7) is 5.09. The fourth-order valence-corrected chi connectivity index (χ4v) is 4.40. The lowest BCUT2D eigenvalue weighted by atomic mass is 10.1. The lowest BCUT2D eigenvalue weighted by Gasteiger charge is -2.32. The van der Waals surface area contributed by atoms with Crippen LogP contribution in [0.15, 0.2) is 48.7 Å². The third-order valence-corrected chi connectivity index (χ3v) is 5.91. The van der Waals surface area contributed by atoms with E-state index in [1.807, 2.05) is 58.9 Å². The third kappa shape index (κ3) is 3.06. The minimum Gasteiger partial charge on any atom is -0.334 e. The molecule has 4 heterocycles. The summed E-state index contributed by atoms with van der Waals surface area (Å²) < 4.78 is 4.00. The second kappa shape index (κ2) is 7.36. The van der Waals surface area contributed by atoms with Crippen LogP contribution in [0, 0.1) is 18.3 Å². The van der Waals surface area contributed by atoms with Crippen molar-refractivity contribution in [1.82, 2.24) is 29.2 Å². The number of fused-ring (bicyclic) bond motifs is 2. The maximum atomic E-state index is 13.2. The molecule has 1 atom stereocenters. The van der Waals surface area contributed by atoms with E-state index in [2.05, 4.69) is 32.7 Å². The number of rotatable bonds is 3. The Hall–Kier alpha value is -3.99. The van der Waals surface area contributed by atoms with Gasteiger partial charge in [-0.05, 0) is 32.0 Å². The van der Waals surface area contributed by atoms with Crippen molar-refractivity contribution in [2.24, 2.45) is 0 Å². The highest BCUT2D eigenvalue weighted by Gasteiger charge is 2.30. The molecule has 1 aliphatic rings. The summed E-state index contributed by atoms with van der Waals surface area (Å²) in [5, 5.41) is 19.1. The number of carbonyl (C=O) groups is 1. The number of aromatic nitrogens is 5. The Morgan fingerprint density at radius 2 is 2.00 bits per heavy atom. The van der Waals surface area contributed by atoms with Crippen molar-refractivity contribution >= 4 is 16.8 Å². The molecule has 0 spiro atoms. The van der Waals surface area contributed by atoms with E-state index >= 15 is 0 Å². The summed E-state index contributed by atoms with van der Waals surface area (Å²) in [5.41, 5.74) is 3.10. The summed E-state index contributed by atoms with van der Waals surface area (Å²) in [6.07, 6.45) is 1.74. The van der Waals surface area contributed by atoms with Crippen molar-refractivity contribution in [1.29, 1.82) is 5.26 Å². The molecule has 31 heavy (non-hydrogen) atoms. The number of pyridine rings is 1. The van der Waals surface area contributed by atoms with Crippen molar-refractivity contribution in [3.8, 4) is 17.6 Å². The van der Waals surface area contributed by atoms with Crippen LogP contribution in [0.1, 0.15) is 30.0 Å². The zero-order chi connectivity index (χ0) is 21.5. The monoisotopic (exact) mass is 411 g/mol. The molecule has 0 aliphatic carbocycles. The second-order valence-electron chi connectivity index (χ2n) is 7.82. The molecule has 0 saturated carbocycles. The molecule has 0 radical (unpaired) electrons. The largest absolute Gasteiger partial charge is 0.334 e. The Balaban J connectivity index is 1.43. The van der Waals surface area contributed by atoms with E-state index in [0.29, 0.717) is 18.7 Å². The highest BCUT2D eigenvalue weighted by atomic mass is 16.2. The van der Waals surface area contributed by atoms with E-state index in [1.54, 1.807) is 6.20 Å². The normalized spacial score (nSPS) is 15.6. The summed E-state index contributed by atoms with van der Waals surface area (Å²) in [5.74, 6) is 1.47. The Labute approximate surface area is 179 Å². The molecule has 0 unspecified atom stereocenters. The summed E-state index contributed by atoms with van der Waals surface area (Å²) in [4.78, 5) is 19.5. The van der Waals surface area contributed by atoms with Gasteiger partial charge in [-0.15, -0.1) is 10.2 Å². The molecule has 4 aromatic rings. The molecule has 154 valence electrons. The van der Waals surface area contributed by atoms with Crippen LogP contribution < -0.4 is 0 Å². The first-order chi connectivity index (χ1) is 15.1. The fourth-order valence-electron chi connectivity index (χ4n) is 4.40. The van der Waals surface area contributed by atoms with Crippen molar-refractivity contribution in [3.63, 3.8) is 0 Å². The van der Waals surface area contributed by atoms with E-state index in [4.69, 9.17) is 0 Å². The van der Waals surface area contributed by atoms with E-state index in [0.717, 1.165) is 33.9 Å². The van der Waals surface area contributed by atoms with Gasteiger partial charge in [0.1, 0.15) is 18.3 Å². The lowest BCUT2D eigenvalue weighted by molar-refractivity contribution is -0.133. The quantitative estimate of drug-likeness (QED) is 0.517. The first kappa shape index (κ1) is 19.0. The van der Waals surface area contributed by atoms with Crippen molar-refractivity contribution < 1.29 is 4.79 Å². The summed E-state index contributed by atoms with van der Waals surface area (Å²) >= 11 is 0. The molecule has 0 bridgehead atoms. The van der Waals surface area contributed by atoms with Crippen LogP contribution in [0.5, 0.6) is 0 Å². The maximum Gasteiger partial charge on any atom is 0.242 e. The molecule has 1 aromatic carbocycles. The minimum atomic E-state index is -0.00571. The molecule has 5 rings (SSSR count). The highest BCUT2D eigenvalue weighted by molar-refractivity contribution is 5.89. The van der Waals surface area contributed by atoms with Gasteiger partial charge >= 0.3 is 0 Å². The fraction of sp³-hybridized carbons (Fsp3) is 0.261. The van der Waals surface area contributed by atoms with Crippen molar-refractivity contribution in [2.45, 2.75) is 33.0 Å². The highest BCUT2D eigenvalue weighted by Crippen LogP contribution is 2.28. The van der Waals surface area contributed by atoms with Gasteiger partial charge in [-0.25, -0.2) is 0 Å². The Bertz CT molecular complexity index is 1330. The topological polar surface area (TPSA) is 92.6 Å². The van der Waals surface area contributed by atoms with Gasteiger partial charge in [0.15, 0.2) is 11.6 Å². The number of carbonyl (C=O) groups excluding carboxylic acids is 1. The van der Waals surface area contributed by atoms with Crippen LogP contribution in [0.2, 0.25) is 0 Å². The maximum absolute atomic E-state index is 13.2. The van der Waals surface area contributed by atoms with Gasteiger partial charge < -0.3 is 14.0 Å². The van der Waals surface area contributed by atoms with E-state index in [-0.39, 0.29) is 18.5 Å². The number of hydrogen-bond donors (Lipinski definition) is 0. The Morgan fingerprint density at radius 3 is 2.77 bits per heavy atom. The van der Waals surface area contributed by atoms with Gasteiger partial charge in [0.25, 0.3) is 0 Å². The number of benzene rings is 1. The van der Waals surface area contributed by atoms with Crippen LogP contribution in [0.3, 0.4) is 0 Å². The molecular formula is C23H21N7O. The number of nitriles is 1. The van der Waals surface area contributed by atoms with Crippen LogP contribution in [0.4, 0.5) is 0 Å². The van der Waals surface area contributed by atoms with E-state index in [1.165, 1.54) is 0 Å². The van der Waals surface area contributed by atoms with Gasteiger partial charge in [0.2, 0.25) is 5.91 Å². The molecule has 3 aromatic heterocycles. The van der Waals surface area contributed by atoms with Gasteiger partial charge in [-0.1, -0.05) is 24.3 Å². The predicted molar refractivity (Wildman–Crippen MR) is 115 cm³/mol. The van der Waals surface area contributed by atoms with Gasteiger partial charge in [-0.3, -0.25) is 9.78 Å². The SMILES string of the molecule is Cc1c(C#N)c2ccccc2n1CC(=O)N1Cc2nnc(-c3ccccn3)n2[C@@H](C)C1. The molecule has 0 fully saturated rings. The average Bonchev–Trinajstić information content (AvgIpc) is 3.34. The molecular weight excluding hydrogens is 390 g/mol. The first-order valence-corrected chi connectivity index (χ1v) is 10.2. The Kier molecular flexibility index (Phi) is 4.51. The summed E-state index contributed by atoms with van der Waals surface area (Å²) in [6, 6.07) is 15.7. The van der Waals surface area contributed by atoms with Crippen molar-refractivity contribution in [2.75, 3.05) is 6.54 Å². The molecule has 8 heteroatoms. The zero-order valence-electron chi connectivity index (χ0n) is 17.4. The molecule has 8 nitrogen and oxygen atoms in total. The van der Waals surface area contributed by atoms with E-state index in [9.17, 15) is 10.1 Å². The molecule has 1 amide bonds. The van der Waals surface area contributed by atoms with Gasteiger partial charge in [-0.2, -0.15) is 5.26 Å². The summed E-state index contributed by atoms with van der Waals surface area (Å²) in [7, 11) is 0. The molecule has 0 N–H and O–H groups in total. The average molecular weight is 411 g/mol. The minimum absolute atomic E-state index is 0.00571.